The van der Waals surface area contributed by atoms with Gasteiger partial charge >= 0.3 is 0 Å². The highest BCUT2D eigenvalue weighted by molar-refractivity contribution is 5.84. The Labute approximate surface area is 161 Å². The molecule has 0 aromatic carbocycles. The largest absolute Gasteiger partial charge is 0.379 e. The molecule has 0 unspecified atom stereocenters. The lowest BCUT2D eigenvalue weighted by atomic mass is 9.95. The van der Waals surface area contributed by atoms with Gasteiger partial charge in [0.15, 0.2) is 0 Å². The van der Waals surface area contributed by atoms with Gasteiger partial charge < -0.3 is 15.4 Å². The average Bonchev–Trinajstić information content (AvgIpc) is 2.93. The van der Waals surface area contributed by atoms with Crippen LogP contribution in [0.3, 0.4) is 0 Å². The molecule has 6 heteroatoms. The summed E-state index contributed by atoms with van der Waals surface area (Å²) < 4.78 is 5.57. The van der Waals surface area contributed by atoms with Crippen molar-refractivity contribution in [3.8, 4) is 0 Å². The lowest BCUT2D eigenvalue weighted by molar-refractivity contribution is -0.127. The minimum atomic E-state index is -0.0683. The summed E-state index contributed by atoms with van der Waals surface area (Å²) in [5, 5.41) is 6.16. The first kappa shape index (κ1) is 19.8. The Morgan fingerprint density at radius 3 is 2.33 bits per heavy atom. The van der Waals surface area contributed by atoms with Crippen LogP contribution in [-0.2, 0) is 20.7 Å². The minimum absolute atomic E-state index is 0.00643. The molecule has 2 heterocycles. The zero-order chi connectivity index (χ0) is 18.9. The fourth-order valence-corrected chi connectivity index (χ4v) is 4.01. The van der Waals surface area contributed by atoms with Crippen molar-refractivity contribution in [2.75, 3.05) is 13.2 Å². The van der Waals surface area contributed by atoms with Crippen LogP contribution in [0.2, 0.25) is 0 Å². The van der Waals surface area contributed by atoms with E-state index >= 15 is 0 Å². The molecule has 1 saturated carbocycles. The summed E-state index contributed by atoms with van der Waals surface area (Å²) in [6, 6.07) is 4.29. The maximum atomic E-state index is 12.3. The van der Waals surface area contributed by atoms with Gasteiger partial charge in [-0.2, -0.15) is 0 Å². The Morgan fingerprint density at radius 1 is 0.963 bits per heavy atom. The van der Waals surface area contributed by atoms with Gasteiger partial charge in [-0.05, 0) is 37.0 Å². The smallest absolute Gasteiger partial charge is 0.220 e. The second-order valence-electron chi connectivity index (χ2n) is 7.79. The number of ether oxygens (including phenoxy) is 1. The number of hydrogen-bond donors (Lipinski definition) is 2. The SMILES string of the molecule is O=C(CCC(=O)N[C@H]1COC[C@H]1Cc1ccncc1)NC1CCCCCC1. The third-order valence-corrected chi connectivity index (χ3v) is 5.59. The molecule has 0 radical (unpaired) electrons. The van der Waals surface area contributed by atoms with E-state index < -0.39 is 0 Å². The number of amides is 2. The lowest BCUT2D eigenvalue weighted by Crippen LogP contribution is -2.41. The fraction of sp³-hybridized carbons (Fsp3) is 0.667. The van der Waals surface area contributed by atoms with Gasteiger partial charge in [-0.15, -0.1) is 0 Å². The van der Waals surface area contributed by atoms with Crippen molar-refractivity contribution < 1.29 is 14.3 Å². The molecule has 0 bridgehead atoms. The molecule has 0 spiro atoms. The first-order valence-electron chi connectivity index (χ1n) is 10.3. The highest BCUT2D eigenvalue weighted by Gasteiger charge is 2.29. The van der Waals surface area contributed by atoms with E-state index in [2.05, 4.69) is 15.6 Å². The summed E-state index contributed by atoms with van der Waals surface area (Å²) in [6.45, 7) is 1.19. The second kappa shape index (κ2) is 10.4. The van der Waals surface area contributed by atoms with Crippen molar-refractivity contribution in [1.82, 2.24) is 15.6 Å². The first-order chi connectivity index (χ1) is 13.2. The number of aromatic nitrogens is 1. The van der Waals surface area contributed by atoms with E-state index in [9.17, 15) is 9.59 Å². The topological polar surface area (TPSA) is 80.3 Å². The van der Waals surface area contributed by atoms with Crippen molar-refractivity contribution >= 4 is 11.8 Å². The van der Waals surface area contributed by atoms with Gasteiger partial charge in [0.2, 0.25) is 11.8 Å². The van der Waals surface area contributed by atoms with Crippen LogP contribution in [0.15, 0.2) is 24.5 Å². The van der Waals surface area contributed by atoms with Crippen molar-refractivity contribution in [2.24, 2.45) is 5.92 Å². The van der Waals surface area contributed by atoms with E-state index in [0.717, 1.165) is 19.3 Å². The van der Waals surface area contributed by atoms with Crippen LogP contribution in [0.1, 0.15) is 56.9 Å². The molecule has 1 aromatic heterocycles. The Morgan fingerprint density at radius 2 is 1.63 bits per heavy atom. The third kappa shape index (κ3) is 6.61. The number of pyridine rings is 1. The third-order valence-electron chi connectivity index (χ3n) is 5.59. The van der Waals surface area contributed by atoms with Crippen LogP contribution in [0, 0.1) is 5.92 Å². The maximum Gasteiger partial charge on any atom is 0.220 e. The molecule has 27 heavy (non-hydrogen) atoms. The molecule has 1 aromatic rings. The Bertz CT molecular complexity index is 600. The van der Waals surface area contributed by atoms with E-state index in [1.807, 2.05) is 12.1 Å². The zero-order valence-corrected chi connectivity index (χ0v) is 16.0. The van der Waals surface area contributed by atoms with Gasteiger partial charge in [0.05, 0.1) is 19.3 Å². The Kier molecular flexibility index (Phi) is 7.63. The molecule has 1 aliphatic heterocycles. The quantitative estimate of drug-likeness (QED) is 0.719. The predicted octanol–water partition coefficient (Wildman–Crippen LogP) is 2.37. The van der Waals surface area contributed by atoms with E-state index in [0.29, 0.717) is 13.2 Å². The molecular formula is C21H31N3O3. The molecule has 148 valence electrons. The monoisotopic (exact) mass is 373 g/mol. The summed E-state index contributed by atoms with van der Waals surface area (Å²) in [4.78, 5) is 28.5. The summed E-state index contributed by atoms with van der Waals surface area (Å²) in [6.07, 6.45) is 11.9. The molecule has 2 aliphatic rings. The van der Waals surface area contributed by atoms with Gasteiger partial charge in [0.25, 0.3) is 0 Å². The van der Waals surface area contributed by atoms with Crippen LogP contribution >= 0.6 is 0 Å². The Hall–Kier alpha value is -1.95. The molecule has 1 saturated heterocycles. The minimum Gasteiger partial charge on any atom is -0.379 e. The number of rotatable bonds is 7. The van der Waals surface area contributed by atoms with Gasteiger partial charge in [0, 0.05) is 37.2 Å². The molecule has 3 rings (SSSR count). The van der Waals surface area contributed by atoms with Crippen LogP contribution in [0.25, 0.3) is 0 Å². The maximum absolute atomic E-state index is 12.3. The Balaban J connectivity index is 1.38. The molecule has 6 nitrogen and oxygen atoms in total. The fourth-order valence-electron chi connectivity index (χ4n) is 4.01. The molecule has 1 aliphatic carbocycles. The highest BCUT2D eigenvalue weighted by atomic mass is 16.5. The van der Waals surface area contributed by atoms with Gasteiger partial charge in [0.1, 0.15) is 0 Å². The number of carbonyl (C=O) groups excluding carboxylic acids is 2. The predicted molar refractivity (Wildman–Crippen MR) is 103 cm³/mol. The van der Waals surface area contributed by atoms with Crippen molar-refractivity contribution in [3.05, 3.63) is 30.1 Å². The van der Waals surface area contributed by atoms with Crippen LogP contribution in [-0.4, -0.2) is 42.1 Å². The summed E-state index contributed by atoms with van der Waals surface area (Å²) in [5.74, 6) is 0.186. The average molecular weight is 373 g/mol. The van der Waals surface area contributed by atoms with Gasteiger partial charge in [-0.25, -0.2) is 0 Å². The molecule has 2 amide bonds. The van der Waals surface area contributed by atoms with Crippen molar-refractivity contribution in [2.45, 2.75) is 69.9 Å². The normalized spacial score (nSPS) is 23.6. The summed E-state index contributed by atoms with van der Waals surface area (Å²) >= 11 is 0. The number of carbonyl (C=O) groups is 2. The van der Waals surface area contributed by atoms with E-state index in [1.54, 1.807) is 12.4 Å². The summed E-state index contributed by atoms with van der Waals surface area (Å²) in [7, 11) is 0. The lowest BCUT2D eigenvalue weighted by Gasteiger charge is -2.19. The number of nitrogens with zero attached hydrogens (tertiary/aromatic N) is 1. The van der Waals surface area contributed by atoms with E-state index in [-0.39, 0.29) is 42.7 Å². The zero-order valence-electron chi connectivity index (χ0n) is 16.0. The molecule has 2 N–H and O–H groups in total. The van der Waals surface area contributed by atoms with Crippen molar-refractivity contribution in [1.29, 1.82) is 0 Å². The van der Waals surface area contributed by atoms with Gasteiger partial charge in [-0.3, -0.25) is 14.6 Å². The van der Waals surface area contributed by atoms with Gasteiger partial charge in [-0.1, -0.05) is 25.7 Å². The molecule has 2 fully saturated rings. The standard InChI is InChI=1S/C21H31N3O3/c25-20(23-18-5-3-1-2-4-6-18)7-8-21(26)24-19-15-27-14-17(19)13-16-9-11-22-12-10-16/h9-12,17-19H,1-8,13-15H2,(H,23,25)(H,24,26)/t17-,19+/m1/s1. The van der Waals surface area contributed by atoms with E-state index in [1.165, 1.54) is 31.2 Å². The van der Waals surface area contributed by atoms with Crippen LogP contribution in [0.4, 0.5) is 0 Å². The van der Waals surface area contributed by atoms with Crippen molar-refractivity contribution in [3.63, 3.8) is 0 Å². The molecular weight excluding hydrogens is 342 g/mol. The first-order valence-corrected chi connectivity index (χ1v) is 10.3. The number of hydrogen-bond acceptors (Lipinski definition) is 4. The number of nitrogens with one attached hydrogen (secondary N) is 2. The van der Waals surface area contributed by atoms with Crippen LogP contribution < -0.4 is 10.6 Å². The second-order valence-corrected chi connectivity index (χ2v) is 7.79. The van der Waals surface area contributed by atoms with E-state index in [4.69, 9.17) is 4.74 Å². The highest BCUT2D eigenvalue weighted by Crippen LogP contribution is 2.19. The molecule has 2 atom stereocenters. The summed E-state index contributed by atoms with van der Waals surface area (Å²) in [5.41, 5.74) is 1.20. The van der Waals surface area contributed by atoms with Crippen LogP contribution in [0.5, 0.6) is 0 Å².